The number of allylic oxidation sites excluding steroid dienone is 1. The quantitative estimate of drug-likeness (QED) is 0.254. The van der Waals surface area contributed by atoms with Crippen molar-refractivity contribution >= 4 is 0 Å². The fourth-order valence-corrected chi connectivity index (χ4v) is 7.16. The average Bonchev–Trinajstić information content (AvgIpc) is 2.98. The molecule has 3 aromatic rings. The van der Waals surface area contributed by atoms with Crippen LogP contribution in [0.15, 0.2) is 67.3 Å². The second-order valence-corrected chi connectivity index (χ2v) is 11.8. The number of hydrogen-bond acceptors (Lipinski definition) is 0. The van der Waals surface area contributed by atoms with Crippen molar-refractivity contribution in [2.45, 2.75) is 83.5 Å². The molecular weight excluding hydrogens is 489 g/mol. The minimum atomic E-state index is -0.830. The molecule has 3 heteroatoms. The third-order valence-corrected chi connectivity index (χ3v) is 9.62. The molecule has 0 spiro atoms. The van der Waals surface area contributed by atoms with Crippen molar-refractivity contribution in [1.82, 2.24) is 0 Å². The van der Waals surface area contributed by atoms with Crippen LogP contribution in [0.5, 0.6) is 0 Å². The maximum absolute atomic E-state index is 15.3. The molecule has 2 aliphatic rings. The molecular formula is C36H41F3. The molecule has 0 heterocycles. The van der Waals surface area contributed by atoms with Crippen molar-refractivity contribution in [2.24, 2.45) is 17.8 Å². The Kier molecular flexibility index (Phi) is 8.95. The molecule has 5 rings (SSSR count). The lowest BCUT2D eigenvalue weighted by atomic mass is 9.68. The first kappa shape index (κ1) is 27.7. The van der Waals surface area contributed by atoms with Crippen LogP contribution in [0.3, 0.4) is 0 Å². The lowest BCUT2D eigenvalue weighted by molar-refractivity contribution is 0.157. The van der Waals surface area contributed by atoms with E-state index in [1.165, 1.54) is 44.9 Å². The molecule has 0 aliphatic heterocycles. The predicted molar refractivity (Wildman–Crippen MR) is 156 cm³/mol. The summed E-state index contributed by atoms with van der Waals surface area (Å²) < 4.78 is 44.2. The molecule has 0 radical (unpaired) electrons. The largest absolute Gasteiger partial charge is 0.206 e. The van der Waals surface area contributed by atoms with Crippen molar-refractivity contribution in [1.29, 1.82) is 0 Å². The lowest BCUT2D eigenvalue weighted by Crippen LogP contribution is -2.25. The third-order valence-electron chi connectivity index (χ3n) is 9.62. The Morgan fingerprint density at radius 2 is 1.31 bits per heavy atom. The highest BCUT2D eigenvalue weighted by Gasteiger charge is 2.31. The summed E-state index contributed by atoms with van der Waals surface area (Å²) >= 11 is 0. The number of aryl methyl sites for hydroxylation is 1. The molecule has 0 bridgehead atoms. The van der Waals surface area contributed by atoms with Crippen LogP contribution in [0, 0.1) is 35.2 Å². The zero-order chi connectivity index (χ0) is 27.4. The fourth-order valence-electron chi connectivity index (χ4n) is 7.16. The summed E-state index contributed by atoms with van der Waals surface area (Å²) in [7, 11) is 0. The van der Waals surface area contributed by atoms with E-state index in [0.717, 1.165) is 48.1 Å². The van der Waals surface area contributed by atoms with Gasteiger partial charge in [0.05, 0.1) is 0 Å². The predicted octanol–water partition coefficient (Wildman–Crippen LogP) is 11.0. The molecule has 0 atom stereocenters. The molecule has 3 aromatic carbocycles. The van der Waals surface area contributed by atoms with Gasteiger partial charge < -0.3 is 0 Å². The molecule has 0 aromatic heterocycles. The first-order valence-corrected chi connectivity index (χ1v) is 15.0. The SMILES string of the molecule is C=CCCC1CCC(C2CCC(c3ccc(-c4ccc(-c5ccc(CC)c(F)c5F)cc4)c(F)c3)CC2)CC1. The normalized spacial score (nSPS) is 23.5. The van der Waals surface area contributed by atoms with E-state index in [2.05, 4.69) is 18.7 Å². The summed E-state index contributed by atoms with van der Waals surface area (Å²) in [6.45, 7) is 5.67. The zero-order valence-corrected chi connectivity index (χ0v) is 23.2. The van der Waals surface area contributed by atoms with E-state index in [0.29, 0.717) is 29.0 Å². The van der Waals surface area contributed by atoms with Gasteiger partial charge in [-0.2, -0.15) is 0 Å². The van der Waals surface area contributed by atoms with Crippen LogP contribution in [0.2, 0.25) is 0 Å². The van der Waals surface area contributed by atoms with Crippen molar-refractivity contribution in [3.63, 3.8) is 0 Å². The van der Waals surface area contributed by atoms with Crippen LogP contribution < -0.4 is 0 Å². The van der Waals surface area contributed by atoms with Gasteiger partial charge in [-0.25, -0.2) is 13.2 Å². The molecule has 2 fully saturated rings. The molecule has 2 saturated carbocycles. The van der Waals surface area contributed by atoms with Crippen LogP contribution in [-0.4, -0.2) is 0 Å². The highest BCUT2D eigenvalue weighted by Crippen LogP contribution is 2.45. The van der Waals surface area contributed by atoms with Gasteiger partial charge in [-0.3, -0.25) is 0 Å². The second kappa shape index (κ2) is 12.6. The van der Waals surface area contributed by atoms with Crippen molar-refractivity contribution in [2.75, 3.05) is 0 Å². The summed E-state index contributed by atoms with van der Waals surface area (Å²) in [6, 6.07) is 16.0. The van der Waals surface area contributed by atoms with Gasteiger partial charge in [-0.05, 0) is 110 Å². The molecule has 0 amide bonds. The molecule has 206 valence electrons. The number of hydrogen-bond donors (Lipinski definition) is 0. The van der Waals surface area contributed by atoms with Crippen molar-refractivity contribution in [3.8, 4) is 22.3 Å². The Balaban J connectivity index is 1.20. The minimum Gasteiger partial charge on any atom is -0.206 e. The number of halogens is 3. The number of rotatable bonds is 8. The lowest BCUT2D eigenvalue weighted by Gasteiger charge is -2.38. The first-order chi connectivity index (χ1) is 19.0. The Morgan fingerprint density at radius 3 is 1.90 bits per heavy atom. The highest BCUT2D eigenvalue weighted by atomic mass is 19.2. The van der Waals surface area contributed by atoms with Crippen LogP contribution in [0.25, 0.3) is 22.3 Å². The first-order valence-electron chi connectivity index (χ1n) is 15.0. The fraction of sp³-hybridized carbons (Fsp3) is 0.444. The van der Waals surface area contributed by atoms with E-state index >= 15 is 4.39 Å². The molecule has 0 nitrogen and oxygen atoms in total. The van der Waals surface area contributed by atoms with Crippen molar-refractivity contribution < 1.29 is 13.2 Å². The molecule has 0 saturated heterocycles. The van der Waals surface area contributed by atoms with E-state index in [4.69, 9.17) is 0 Å². The van der Waals surface area contributed by atoms with E-state index in [-0.39, 0.29) is 11.4 Å². The molecule has 0 unspecified atom stereocenters. The Morgan fingerprint density at radius 1 is 0.718 bits per heavy atom. The van der Waals surface area contributed by atoms with Gasteiger partial charge in [0.25, 0.3) is 0 Å². The minimum absolute atomic E-state index is 0.218. The average molecular weight is 531 g/mol. The number of benzene rings is 3. The van der Waals surface area contributed by atoms with Gasteiger partial charge in [0.2, 0.25) is 0 Å². The second-order valence-electron chi connectivity index (χ2n) is 11.8. The Bertz CT molecular complexity index is 1260. The molecule has 0 N–H and O–H groups in total. The van der Waals surface area contributed by atoms with Crippen LogP contribution in [0.1, 0.15) is 88.2 Å². The van der Waals surface area contributed by atoms with Crippen molar-refractivity contribution in [3.05, 3.63) is 95.8 Å². The Hall–Kier alpha value is -2.81. The van der Waals surface area contributed by atoms with E-state index < -0.39 is 11.6 Å². The van der Waals surface area contributed by atoms with Gasteiger partial charge in [-0.1, -0.05) is 74.4 Å². The zero-order valence-electron chi connectivity index (χ0n) is 23.2. The summed E-state index contributed by atoms with van der Waals surface area (Å²) in [5.41, 5.74) is 3.56. The summed E-state index contributed by atoms with van der Waals surface area (Å²) in [5.74, 6) is 1.20. The van der Waals surface area contributed by atoms with Crippen LogP contribution >= 0.6 is 0 Å². The monoisotopic (exact) mass is 530 g/mol. The van der Waals surface area contributed by atoms with E-state index in [9.17, 15) is 8.78 Å². The highest BCUT2D eigenvalue weighted by molar-refractivity contribution is 5.71. The maximum atomic E-state index is 15.3. The third kappa shape index (κ3) is 6.18. The van der Waals surface area contributed by atoms with E-state index in [1.54, 1.807) is 49.4 Å². The maximum Gasteiger partial charge on any atom is 0.166 e. The van der Waals surface area contributed by atoms with Gasteiger partial charge in [-0.15, -0.1) is 6.58 Å². The van der Waals surface area contributed by atoms with Gasteiger partial charge in [0.15, 0.2) is 11.6 Å². The topological polar surface area (TPSA) is 0 Å². The summed E-state index contributed by atoms with van der Waals surface area (Å²) in [5, 5.41) is 0. The van der Waals surface area contributed by atoms with Crippen LogP contribution in [0.4, 0.5) is 13.2 Å². The van der Waals surface area contributed by atoms with E-state index in [1.807, 2.05) is 6.07 Å². The van der Waals surface area contributed by atoms with Gasteiger partial charge in [0.1, 0.15) is 5.82 Å². The smallest absolute Gasteiger partial charge is 0.166 e. The Labute approximate surface area is 232 Å². The van der Waals surface area contributed by atoms with Gasteiger partial charge >= 0.3 is 0 Å². The van der Waals surface area contributed by atoms with Gasteiger partial charge in [0, 0.05) is 11.1 Å². The van der Waals surface area contributed by atoms with Crippen LogP contribution in [-0.2, 0) is 6.42 Å². The summed E-state index contributed by atoms with van der Waals surface area (Å²) in [4.78, 5) is 0. The molecule has 2 aliphatic carbocycles. The molecule has 39 heavy (non-hydrogen) atoms. The standard InChI is InChI=1S/C36H41F3/c1-3-5-6-24-7-9-26(10-8-24)27-11-13-28(14-12-27)31-20-21-32(34(37)23-31)29-15-17-30(18-16-29)33-22-19-25(4-2)35(38)36(33)39/h3,15-24,26-28H,1,4-14H2,2H3. The summed E-state index contributed by atoms with van der Waals surface area (Å²) in [6.07, 6.45) is 15.3.